The van der Waals surface area contributed by atoms with Crippen LogP contribution >= 0.6 is 0 Å². The van der Waals surface area contributed by atoms with Crippen molar-refractivity contribution in [1.82, 2.24) is 0 Å². The van der Waals surface area contributed by atoms with Gasteiger partial charge in [-0.3, -0.25) is 4.79 Å². The van der Waals surface area contributed by atoms with Crippen molar-refractivity contribution >= 4 is 5.97 Å². The molecule has 3 aliphatic rings. The van der Waals surface area contributed by atoms with Crippen molar-refractivity contribution < 1.29 is 14.6 Å². The molecule has 0 amide bonds. The van der Waals surface area contributed by atoms with Gasteiger partial charge >= 0.3 is 5.97 Å². The van der Waals surface area contributed by atoms with Gasteiger partial charge in [-0.15, -0.1) is 0 Å². The number of carbonyl (C=O) groups excluding carboxylic acids is 1. The number of rotatable bonds is 1. The Bertz CT molecular complexity index is 214. The summed E-state index contributed by atoms with van der Waals surface area (Å²) in [7, 11) is 1.43. The van der Waals surface area contributed by atoms with Gasteiger partial charge in [-0.25, -0.2) is 0 Å². The molecular weight excluding hydrogens is 168 g/mol. The molecule has 2 bridgehead atoms. The molecule has 3 heteroatoms. The summed E-state index contributed by atoms with van der Waals surface area (Å²) in [6.45, 7) is 0. The third kappa shape index (κ3) is 1.46. The first kappa shape index (κ1) is 9.00. The Labute approximate surface area is 78.1 Å². The molecule has 0 aromatic heterocycles. The highest BCUT2D eigenvalue weighted by Crippen LogP contribution is 2.45. The van der Waals surface area contributed by atoms with Crippen LogP contribution in [0.1, 0.15) is 25.7 Å². The first-order chi connectivity index (χ1) is 6.22. The number of ether oxygens (including phenoxy) is 1. The number of methoxy groups -OCH3 is 1. The third-order valence-electron chi connectivity index (χ3n) is 3.59. The van der Waals surface area contributed by atoms with Gasteiger partial charge in [-0.2, -0.15) is 0 Å². The predicted octanol–water partition coefficient (Wildman–Crippen LogP) is 0.956. The van der Waals surface area contributed by atoms with E-state index in [0.717, 1.165) is 19.3 Å². The van der Waals surface area contributed by atoms with Crippen molar-refractivity contribution in [3.8, 4) is 0 Å². The van der Waals surface area contributed by atoms with Gasteiger partial charge in [0.1, 0.15) is 0 Å². The Morgan fingerprint density at radius 2 is 2.15 bits per heavy atom. The van der Waals surface area contributed by atoms with Crippen LogP contribution in [0.25, 0.3) is 0 Å². The molecule has 0 unspecified atom stereocenters. The maximum Gasteiger partial charge on any atom is 0.309 e. The summed E-state index contributed by atoms with van der Waals surface area (Å²) < 4.78 is 4.74. The van der Waals surface area contributed by atoms with Crippen LogP contribution in [0, 0.1) is 17.8 Å². The van der Waals surface area contributed by atoms with E-state index in [1.54, 1.807) is 0 Å². The van der Waals surface area contributed by atoms with Crippen LogP contribution in [0.2, 0.25) is 0 Å². The molecule has 3 rings (SSSR count). The Kier molecular flexibility index (Phi) is 2.28. The number of carbonyl (C=O) groups is 1. The standard InChI is InChI=1S/C10H16O3/c1-13-10(12)8-4-6-2-3-7(8)9(11)5-6/h6-9,11H,2-5H2,1H3/t6-,7+,8-,9+/m1/s1. The number of hydrogen-bond acceptors (Lipinski definition) is 3. The van der Waals surface area contributed by atoms with Gasteiger partial charge in [0.25, 0.3) is 0 Å². The van der Waals surface area contributed by atoms with Crippen LogP contribution in [0.15, 0.2) is 0 Å². The van der Waals surface area contributed by atoms with Crippen LogP contribution in [0.3, 0.4) is 0 Å². The molecule has 0 saturated heterocycles. The number of esters is 1. The van der Waals surface area contributed by atoms with Gasteiger partial charge in [0.2, 0.25) is 0 Å². The smallest absolute Gasteiger partial charge is 0.309 e. The Hall–Kier alpha value is -0.570. The largest absolute Gasteiger partial charge is 0.469 e. The minimum atomic E-state index is -0.267. The fourth-order valence-electron chi connectivity index (χ4n) is 2.89. The molecular formula is C10H16O3. The van der Waals surface area contributed by atoms with E-state index in [9.17, 15) is 9.90 Å². The van der Waals surface area contributed by atoms with Crippen LogP contribution in [0.5, 0.6) is 0 Å². The lowest BCUT2D eigenvalue weighted by Crippen LogP contribution is -2.44. The fraction of sp³-hybridized carbons (Fsp3) is 0.900. The number of fused-ring (bicyclic) bond motifs is 3. The van der Waals surface area contributed by atoms with Crippen LogP contribution in [-0.2, 0) is 9.53 Å². The lowest BCUT2D eigenvalue weighted by molar-refractivity contribution is -0.156. The number of aliphatic hydroxyl groups excluding tert-OH is 1. The van der Waals surface area contributed by atoms with Crippen molar-refractivity contribution in [2.45, 2.75) is 31.8 Å². The summed E-state index contributed by atoms with van der Waals surface area (Å²) in [6.07, 6.45) is 3.71. The van der Waals surface area contributed by atoms with Crippen LogP contribution < -0.4 is 0 Å². The second kappa shape index (κ2) is 3.29. The van der Waals surface area contributed by atoms with E-state index in [2.05, 4.69) is 0 Å². The summed E-state index contributed by atoms with van der Waals surface area (Å²) in [5, 5.41) is 9.71. The van der Waals surface area contributed by atoms with Gasteiger partial charge in [0, 0.05) is 0 Å². The summed E-state index contributed by atoms with van der Waals surface area (Å²) in [5.41, 5.74) is 0. The van der Waals surface area contributed by atoms with E-state index in [0.29, 0.717) is 5.92 Å². The number of aliphatic hydroxyl groups is 1. The average Bonchev–Trinajstić information content (AvgIpc) is 2.17. The molecule has 0 aromatic carbocycles. The highest BCUT2D eigenvalue weighted by atomic mass is 16.5. The second-order valence-corrected chi connectivity index (χ2v) is 4.28. The van der Waals surface area contributed by atoms with Crippen LogP contribution in [-0.4, -0.2) is 24.3 Å². The molecule has 0 radical (unpaired) electrons. The van der Waals surface area contributed by atoms with Crippen molar-refractivity contribution in [1.29, 1.82) is 0 Å². The zero-order valence-corrected chi connectivity index (χ0v) is 7.90. The summed E-state index contributed by atoms with van der Waals surface area (Å²) >= 11 is 0. The van der Waals surface area contributed by atoms with E-state index in [-0.39, 0.29) is 23.9 Å². The summed E-state index contributed by atoms with van der Waals surface area (Å²) in [5.74, 6) is 0.544. The minimum absolute atomic E-state index is 0.0347. The Morgan fingerprint density at radius 1 is 1.38 bits per heavy atom. The predicted molar refractivity (Wildman–Crippen MR) is 47.0 cm³/mol. The molecule has 3 fully saturated rings. The number of hydrogen-bond donors (Lipinski definition) is 1. The van der Waals surface area contributed by atoms with Gasteiger partial charge in [0.05, 0.1) is 19.1 Å². The van der Waals surface area contributed by atoms with Crippen molar-refractivity contribution in [2.75, 3.05) is 7.11 Å². The molecule has 0 aromatic rings. The normalized spacial score (nSPS) is 43.2. The third-order valence-corrected chi connectivity index (χ3v) is 3.59. The van der Waals surface area contributed by atoms with Gasteiger partial charge in [-0.05, 0) is 37.5 Å². The second-order valence-electron chi connectivity index (χ2n) is 4.28. The summed E-state index contributed by atoms with van der Waals surface area (Å²) in [4.78, 5) is 11.4. The molecule has 0 spiro atoms. The molecule has 1 N–H and O–H groups in total. The molecule has 0 heterocycles. The average molecular weight is 184 g/mol. The first-order valence-electron chi connectivity index (χ1n) is 4.98. The molecule has 3 nitrogen and oxygen atoms in total. The van der Waals surface area contributed by atoms with E-state index >= 15 is 0 Å². The quantitative estimate of drug-likeness (QED) is 0.617. The fourth-order valence-corrected chi connectivity index (χ4v) is 2.89. The molecule has 13 heavy (non-hydrogen) atoms. The van der Waals surface area contributed by atoms with Gasteiger partial charge < -0.3 is 9.84 Å². The maximum atomic E-state index is 11.4. The highest BCUT2D eigenvalue weighted by Gasteiger charge is 2.44. The van der Waals surface area contributed by atoms with E-state index < -0.39 is 0 Å². The topological polar surface area (TPSA) is 46.5 Å². The molecule has 3 aliphatic carbocycles. The zero-order chi connectivity index (χ0) is 9.42. The van der Waals surface area contributed by atoms with Gasteiger partial charge in [-0.1, -0.05) is 0 Å². The van der Waals surface area contributed by atoms with Gasteiger partial charge in [0.15, 0.2) is 0 Å². The lowest BCUT2D eigenvalue weighted by Gasteiger charge is -2.44. The highest BCUT2D eigenvalue weighted by molar-refractivity contribution is 5.73. The Morgan fingerprint density at radius 3 is 2.69 bits per heavy atom. The van der Waals surface area contributed by atoms with E-state index in [1.165, 1.54) is 13.5 Å². The maximum absolute atomic E-state index is 11.4. The SMILES string of the molecule is COC(=O)[C@@H]1C[C@H]2CC[C@@H]1[C@@H](O)C2. The molecule has 0 aliphatic heterocycles. The lowest BCUT2D eigenvalue weighted by atomic mass is 9.63. The van der Waals surface area contributed by atoms with E-state index in [4.69, 9.17) is 4.74 Å². The zero-order valence-electron chi connectivity index (χ0n) is 7.90. The molecule has 74 valence electrons. The van der Waals surface area contributed by atoms with Crippen molar-refractivity contribution in [2.24, 2.45) is 17.8 Å². The summed E-state index contributed by atoms with van der Waals surface area (Å²) in [6, 6.07) is 0. The Balaban J connectivity index is 2.10. The monoisotopic (exact) mass is 184 g/mol. The van der Waals surface area contributed by atoms with Crippen molar-refractivity contribution in [3.05, 3.63) is 0 Å². The van der Waals surface area contributed by atoms with Crippen molar-refractivity contribution in [3.63, 3.8) is 0 Å². The van der Waals surface area contributed by atoms with Crippen LogP contribution in [0.4, 0.5) is 0 Å². The van der Waals surface area contributed by atoms with E-state index in [1.807, 2.05) is 0 Å². The first-order valence-corrected chi connectivity index (χ1v) is 4.98. The minimum Gasteiger partial charge on any atom is -0.469 e. The molecule has 3 saturated carbocycles. The molecule has 4 atom stereocenters.